The molecule has 69 heavy (non-hydrogen) atoms. The Balaban J connectivity index is 2.72. The minimum absolute atomic E-state index is 0.0178. The molecular formula is C49H82O18P2. The molecule has 20 heteroatoms. The smallest absolute Gasteiger partial charge is 0.462 e. The number of rotatable bonds is 39. The summed E-state index contributed by atoms with van der Waals surface area (Å²) in [6.45, 7) is 2.69. The zero-order chi connectivity index (χ0) is 51.3. The molecule has 396 valence electrons. The van der Waals surface area contributed by atoms with Gasteiger partial charge in [-0.1, -0.05) is 125 Å². The highest BCUT2D eigenvalue weighted by Crippen LogP contribution is 2.49. The summed E-state index contributed by atoms with van der Waals surface area (Å²) in [6.07, 6.45) is 25.4. The van der Waals surface area contributed by atoms with Gasteiger partial charge in [-0.25, -0.2) is 9.13 Å². The van der Waals surface area contributed by atoms with Crippen molar-refractivity contribution in [2.24, 2.45) is 0 Å². The van der Waals surface area contributed by atoms with E-state index < -0.39 is 95.7 Å². The predicted molar refractivity (Wildman–Crippen MR) is 262 cm³/mol. The van der Waals surface area contributed by atoms with Crippen LogP contribution < -0.4 is 0 Å². The zero-order valence-electron chi connectivity index (χ0n) is 40.4. The number of ether oxygens (including phenoxy) is 2. The molecule has 0 radical (unpaired) electrons. The van der Waals surface area contributed by atoms with Crippen LogP contribution in [0.15, 0.2) is 85.1 Å². The van der Waals surface area contributed by atoms with Crippen LogP contribution in [0.5, 0.6) is 0 Å². The van der Waals surface area contributed by atoms with E-state index in [1.54, 1.807) is 6.08 Å². The minimum atomic E-state index is -5.41. The summed E-state index contributed by atoms with van der Waals surface area (Å²) in [6, 6.07) is 0. The van der Waals surface area contributed by atoms with Gasteiger partial charge in [0.15, 0.2) is 6.10 Å². The SMILES string of the molecule is CC/C=C\C/C=C\C/C=C\C/C=C\C[C@@H](O)[C@H](O)CCCC(=O)O[C@H](COC(=O)CCCCCC/C=C\C/C=C\C/C=C\CCCCC)COP(=O)(O)O[C@H]1C(O)C(O)C(O)[C@@H](OP(=O)(O)O)C1O. The average molecular weight is 1020 g/mol. The number of unbranched alkanes of at least 4 members (excludes halogenated alkanes) is 7. The van der Waals surface area contributed by atoms with Crippen molar-refractivity contribution in [3.8, 4) is 0 Å². The summed E-state index contributed by atoms with van der Waals surface area (Å²) in [4.78, 5) is 54.4. The van der Waals surface area contributed by atoms with E-state index in [9.17, 15) is 64.0 Å². The molecule has 0 heterocycles. The fourth-order valence-electron chi connectivity index (χ4n) is 6.77. The van der Waals surface area contributed by atoms with E-state index in [0.717, 1.165) is 64.2 Å². The number of phosphoric ester groups is 2. The summed E-state index contributed by atoms with van der Waals surface area (Å²) >= 11 is 0. The van der Waals surface area contributed by atoms with Crippen molar-refractivity contribution < 1.29 is 87.1 Å². The maximum absolute atomic E-state index is 13.0. The molecule has 5 unspecified atom stereocenters. The van der Waals surface area contributed by atoms with Crippen molar-refractivity contribution in [3.63, 3.8) is 0 Å². The third-order valence-corrected chi connectivity index (χ3v) is 12.2. The number of carbonyl (C=O) groups excluding carboxylic acids is 2. The molecule has 0 aromatic heterocycles. The predicted octanol–water partition coefficient (Wildman–Crippen LogP) is 7.34. The summed E-state index contributed by atoms with van der Waals surface area (Å²) in [7, 11) is -10.8. The first-order chi connectivity index (χ1) is 32.9. The van der Waals surface area contributed by atoms with Crippen molar-refractivity contribution in [2.75, 3.05) is 13.2 Å². The molecule has 9 N–H and O–H groups in total. The highest BCUT2D eigenvalue weighted by molar-refractivity contribution is 7.47. The van der Waals surface area contributed by atoms with Crippen LogP contribution in [0.2, 0.25) is 0 Å². The van der Waals surface area contributed by atoms with Crippen molar-refractivity contribution in [1.29, 1.82) is 0 Å². The number of esters is 2. The van der Waals surface area contributed by atoms with E-state index in [-0.39, 0.29) is 32.1 Å². The lowest BCUT2D eigenvalue weighted by molar-refractivity contribution is -0.216. The minimum Gasteiger partial charge on any atom is -0.462 e. The molecule has 18 nitrogen and oxygen atoms in total. The molecule has 0 amide bonds. The second-order valence-corrected chi connectivity index (χ2v) is 19.3. The van der Waals surface area contributed by atoms with Gasteiger partial charge in [0.2, 0.25) is 0 Å². The third kappa shape index (κ3) is 32.7. The second-order valence-electron chi connectivity index (χ2n) is 16.8. The van der Waals surface area contributed by atoms with Gasteiger partial charge >= 0.3 is 27.6 Å². The van der Waals surface area contributed by atoms with E-state index in [1.807, 2.05) is 18.2 Å². The topological polar surface area (TPSA) is 296 Å². The lowest BCUT2D eigenvalue weighted by atomic mass is 9.85. The Labute approximate surface area is 409 Å². The number of hydrogen-bond acceptors (Lipinski definition) is 15. The molecular weight excluding hydrogens is 938 g/mol. The maximum Gasteiger partial charge on any atom is 0.472 e. The molecule has 1 saturated carbocycles. The summed E-state index contributed by atoms with van der Waals surface area (Å²) in [5.74, 6) is -1.53. The Bertz CT molecular complexity index is 1690. The fourth-order valence-corrected chi connectivity index (χ4v) is 8.30. The maximum atomic E-state index is 13.0. The van der Waals surface area contributed by atoms with E-state index in [2.05, 4.69) is 79.1 Å². The van der Waals surface area contributed by atoms with Crippen LogP contribution >= 0.6 is 15.6 Å². The zero-order valence-corrected chi connectivity index (χ0v) is 42.2. The van der Waals surface area contributed by atoms with E-state index in [0.29, 0.717) is 12.8 Å². The highest BCUT2D eigenvalue weighted by Gasteiger charge is 2.54. The number of allylic oxidation sites excluding steroid dienone is 13. The molecule has 0 saturated heterocycles. The van der Waals surface area contributed by atoms with Gasteiger partial charge in [0, 0.05) is 12.8 Å². The molecule has 0 spiro atoms. The molecule has 1 aliphatic carbocycles. The monoisotopic (exact) mass is 1020 g/mol. The van der Waals surface area contributed by atoms with Crippen molar-refractivity contribution >= 4 is 27.6 Å². The third-order valence-electron chi connectivity index (χ3n) is 10.7. The van der Waals surface area contributed by atoms with Crippen molar-refractivity contribution in [2.45, 2.75) is 197 Å². The van der Waals surface area contributed by atoms with Crippen LogP contribution in [-0.4, -0.2) is 125 Å². The first-order valence-electron chi connectivity index (χ1n) is 24.3. The van der Waals surface area contributed by atoms with Crippen molar-refractivity contribution in [1.82, 2.24) is 0 Å². The van der Waals surface area contributed by atoms with Gasteiger partial charge in [0.05, 0.1) is 18.8 Å². The quantitative estimate of drug-likeness (QED) is 0.0126. The molecule has 0 aliphatic heterocycles. The van der Waals surface area contributed by atoms with E-state index >= 15 is 0 Å². The van der Waals surface area contributed by atoms with Gasteiger partial charge < -0.3 is 54.8 Å². The Hall–Kier alpha value is -2.90. The molecule has 0 aromatic rings. The first-order valence-corrected chi connectivity index (χ1v) is 27.3. The molecule has 10 atom stereocenters. The van der Waals surface area contributed by atoms with E-state index in [1.165, 1.54) is 19.3 Å². The summed E-state index contributed by atoms with van der Waals surface area (Å²) in [5.41, 5.74) is 0. The van der Waals surface area contributed by atoms with Crippen LogP contribution in [0, 0.1) is 0 Å². The Morgan fingerprint density at radius 2 is 1.03 bits per heavy atom. The normalized spacial score (nSPS) is 22.8. The Morgan fingerprint density at radius 3 is 1.58 bits per heavy atom. The first kappa shape index (κ1) is 64.1. The molecule has 1 aliphatic rings. The van der Waals surface area contributed by atoms with Crippen LogP contribution in [-0.2, 0) is 41.8 Å². The van der Waals surface area contributed by atoms with Gasteiger partial charge in [-0.2, -0.15) is 0 Å². The number of phosphoric acid groups is 2. The lowest BCUT2D eigenvalue weighted by Crippen LogP contribution is -2.64. The highest BCUT2D eigenvalue weighted by atomic mass is 31.2. The number of aliphatic hydroxyl groups is 6. The van der Waals surface area contributed by atoms with E-state index in [4.69, 9.17) is 18.5 Å². The largest absolute Gasteiger partial charge is 0.472 e. The Kier molecular flexibility index (Phi) is 36.0. The van der Waals surface area contributed by atoms with Gasteiger partial charge in [0.25, 0.3) is 0 Å². The van der Waals surface area contributed by atoms with Crippen LogP contribution in [0.4, 0.5) is 0 Å². The molecule has 0 bridgehead atoms. The average Bonchev–Trinajstić information content (AvgIpc) is 3.30. The molecule has 1 fully saturated rings. The second kappa shape index (κ2) is 38.7. The van der Waals surface area contributed by atoms with Gasteiger partial charge in [-0.05, 0) is 89.9 Å². The summed E-state index contributed by atoms with van der Waals surface area (Å²) in [5, 5.41) is 62.1. The van der Waals surface area contributed by atoms with Gasteiger partial charge in [-0.3, -0.25) is 23.2 Å². The van der Waals surface area contributed by atoms with Gasteiger partial charge in [-0.15, -0.1) is 0 Å². The molecule has 0 aromatic carbocycles. The Morgan fingerprint density at radius 1 is 0.536 bits per heavy atom. The van der Waals surface area contributed by atoms with Gasteiger partial charge in [0.1, 0.15) is 43.2 Å². The number of hydrogen-bond donors (Lipinski definition) is 9. The van der Waals surface area contributed by atoms with Crippen LogP contribution in [0.25, 0.3) is 0 Å². The standard InChI is InChI=1S/C49H82O18P2/c1-3-5-7-9-11-13-15-17-18-19-20-21-23-25-27-29-31-35-42(52)63-37-39(38-64-69(61,62)67-49-46(56)44(54)45(55)48(47(49)57)66-68(58,59)60)65-43(53)36-32-34-41(51)40(50)33-30-28-26-24-22-16-14-12-10-8-6-4-2/h6,8,11-14,17-18,20-22,24,28,30,39-41,44-51,54-57H,3-5,7,9-10,15-16,19,23,25-27,29,31-38H2,1-2H3,(H,61,62)(H2,58,59,60)/b8-6-,13-11-,14-12-,18-17-,21-20-,24-22-,30-28-/t39-,40-,41-,44?,45?,46?,47?,48-,49+/m1/s1. The van der Waals surface area contributed by atoms with Crippen LogP contribution in [0.1, 0.15) is 142 Å². The molecule has 1 rings (SSSR count). The fraction of sp³-hybridized carbons (Fsp3) is 0.673. The lowest BCUT2D eigenvalue weighted by Gasteiger charge is -2.43. The summed E-state index contributed by atoms with van der Waals surface area (Å²) < 4.78 is 49.2. The van der Waals surface area contributed by atoms with Crippen LogP contribution in [0.3, 0.4) is 0 Å². The number of aliphatic hydroxyl groups excluding tert-OH is 6. The van der Waals surface area contributed by atoms with Crippen molar-refractivity contribution in [3.05, 3.63) is 85.1 Å². The number of carbonyl (C=O) groups is 2.